The maximum atomic E-state index is 13.7. The molecule has 3 rings (SSSR count). The summed E-state index contributed by atoms with van der Waals surface area (Å²) in [6, 6.07) is 3.68. The molecule has 2 aliphatic heterocycles. The second-order valence-corrected chi connectivity index (χ2v) is 8.29. The lowest BCUT2D eigenvalue weighted by molar-refractivity contribution is -0.121. The van der Waals surface area contributed by atoms with E-state index < -0.39 is 30.4 Å². The molecule has 2 aliphatic rings. The summed E-state index contributed by atoms with van der Waals surface area (Å²) in [6.45, 7) is 11.0. The normalized spacial score (nSPS) is 23.8. The van der Waals surface area contributed by atoms with Crippen LogP contribution in [0.4, 0.5) is 10.1 Å². The van der Waals surface area contributed by atoms with Crippen molar-refractivity contribution in [2.75, 3.05) is 11.9 Å². The van der Waals surface area contributed by atoms with Crippen LogP contribution in [0, 0.1) is 0 Å². The Morgan fingerprint density at radius 3 is 2.12 bits per heavy atom. The topological polar surface area (TPSA) is 38.8 Å². The van der Waals surface area contributed by atoms with Gasteiger partial charge < -0.3 is 14.2 Å². The lowest BCUT2D eigenvalue weighted by Crippen LogP contribution is -2.41. The standard InChI is InChI=1S/C18H25BFNO3/c1-16(2)13-9-12(19-23-17(3,4)18(5,6)24-19)8-11(10-20)14(13)21(7)15(16)22/h8-9H,10H2,1-7H3. The van der Waals surface area contributed by atoms with Crippen molar-refractivity contribution in [1.82, 2.24) is 0 Å². The van der Waals surface area contributed by atoms with Crippen molar-refractivity contribution in [3.63, 3.8) is 0 Å². The number of carbonyl (C=O) groups is 1. The average molecular weight is 333 g/mol. The number of benzene rings is 1. The number of carbonyl (C=O) groups excluding carboxylic acids is 1. The maximum absolute atomic E-state index is 13.7. The highest BCUT2D eigenvalue weighted by atomic mass is 19.1. The molecule has 1 amide bonds. The molecule has 1 fully saturated rings. The molecule has 0 unspecified atom stereocenters. The van der Waals surface area contributed by atoms with Gasteiger partial charge in [-0.15, -0.1) is 0 Å². The molecule has 0 radical (unpaired) electrons. The molecule has 0 N–H and O–H groups in total. The van der Waals surface area contributed by atoms with E-state index in [1.807, 2.05) is 47.6 Å². The van der Waals surface area contributed by atoms with Crippen LogP contribution in [0.2, 0.25) is 0 Å². The van der Waals surface area contributed by atoms with Gasteiger partial charge in [0.15, 0.2) is 0 Å². The van der Waals surface area contributed by atoms with E-state index in [1.165, 1.54) is 0 Å². The first kappa shape index (κ1) is 17.4. The van der Waals surface area contributed by atoms with Gasteiger partial charge in [0.05, 0.1) is 22.3 Å². The van der Waals surface area contributed by atoms with E-state index in [9.17, 15) is 9.18 Å². The number of amides is 1. The number of hydrogen-bond acceptors (Lipinski definition) is 3. The Labute approximate surface area is 143 Å². The summed E-state index contributed by atoms with van der Waals surface area (Å²) in [7, 11) is 1.13. The third kappa shape index (κ3) is 2.23. The number of alkyl halides is 1. The number of halogens is 1. The Morgan fingerprint density at radius 1 is 1.08 bits per heavy atom. The number of nitrogens with zero attached hydrogens (tertiary/aromatic N) is 1. The van der Waals surface area contributed by atoms with Crippen molar-refractivity contribution in [3.8, 4) is 0 Å². The van der Waals surface area contributed by atoms with Crippen LogP contribution >= 0.6 is 0 Å². The summed E-state index contributed by atoms with van der Waals surface area (Å²) in [5.74, 6) is -0.0294. The zero-order chi connectivity index (χ0) is 18.1. The van der Waals surface area contributed by atoms with Crippen molar-refractivity contribution in [3.05, 3.63) is 23.3 Å². The molecular weight excluding hydrogens is 308 g/mol. The molecule has 0 aliphatic carbocycles. The molecule has 1 aromatic rings. The van der Waals surface area contributed by atoms with Crippen molar-refractivity contribution < 1.29 is 18.5 Å². The molecule has 0 saturated carbocycles. The summed E-state index contributed by atoms with van der Waals surface area (Å²) in [6.07, 6.45) is 0. The average Bonchev–Trinajstić information content (AvgIpc) is 2.81. The Hall–Kier alpha value is -1.40. The molecule has 0 spiro atoms. The first-order valence-corrected chi connectivity index (χ1v) is 8.29. The molecule has 1 aromatic carbocycles. The van der Waals surface area contributed by atoms with Crippen molar-refractivity contribution in [1.29, 1.82) is 0 Å². The van der Waals surface area contributed by atoms with E-state index in [0.29, 0.717) is 11.3 Å². The van der Waals surface area contributed by atoms with Crippen molar-refractivity contribution >= 4 is 24.2 Å². The molecule has 24 heavy (non-hydrogen) atoms. The van der Waals surface area contributed by atoms with Crippen LogP contribution in [0.25, 0.3) is 0 Å². The molecule has 6 heteroatoms. The van der Waals surface area contributed by atoms with Gasteiger partial charge in [0.25, 0.3) is 0 Å². The predicted octanol–water partition coefficient (Wildman–Crippen LogP) is 2.71. The van der Waals surface area contributed by atoms with Gasteiger partial charge in [-0.05, 0) is 52.6 Å². The Bertz CT molecular complexity index is 698. The van der Waals surface area contributed by atoms with Gasteiger partial charge in [-0.1, -0.05) is 12.1 Å². The smallest absolute Gasteiger partial charge is 0.399 e. The van der Waals surface area contributed by atoms with Crippen molar-refractivity contribution in [2.24, 2.45) is 0 Å². The quantitative estimate of drug-likeness (QED) is 0.781. The molecule has 1 saturated heterocycles. The Balaban J connectivity index is 2.11. The second kappa shape index (κ2) is 5.05. The van der Waals surface area contributed by atoms with Gasteiger partial charge in [-0.25, -0.2) is 4.39 Å². The molecule has 2 heterocycles. The largest absolute Gasteiger partial charge is 0.494 e. The van der Waals surface area contributed by atoms with Gasteiger partial charge in [0, 0.05) is 12.6 Å². The first-order chi connectivity index (χ1) is 10.9. The molecule has 4 nitrogen and oxygen atoms in total. The van der Waals surface area contributed by atoms with Crippen molar-refractivity contribution in [2.45, 2.75) is 64.8 Å². The summed E-state index contributed by atoms with van der Waals surface area (Å²) in [5.41, 5.74) is 1.15. The van der Waals surface area contributed by atoms with Crippen LogP contribution in [0.1, 0.15) is 52.7 Å². The lowest BCUT2D eigenvalue weighted by atomic mass is 9.74. The zero-order valence-electron chi connectivity index (χ0n) is 15.5. The van der Waals surface area contributed by atoms with Gasteiger partial charge in [-0.2, -0.15) is 0 Å². The van der Waals surface area contributed by atoms with Crippen LogP contribution in [-0.4, -0.2) is 31.3 Å². The Kier molecular flexibility index (Phi) is 3.67. The molecule has 0 atom stereocenters. The van der Waals surface area contributed by atoms with Gasteiger partial charge in [0.1, 0.15) is 6.67 Å². The molecule has 130 valence electrons. The Morgan fingerprint density at radius 2 is 1.62 bits per heavy atom. The van der Waals surface area contributed by atoms with E-state index in [0.717, 1.165) is 11.0 Å². The van der Waals surface area contributed by atoms with E-state index in [2.05, 4.69) is 0 Å². The fraction of sp³-hybridized carbons (Fsp3) is 0.611. The summed E-state index contributed by atoms with van der Waals surface area (Å²) in [4.78, 5) is 14.1. The van der Waals surface area contributed by atoms with Crippen LogP contribution < -0.4 is 10.4 Å². The van der Waals surface area contributed by atoms with Gasteiger partial charge >= 0.3 is 7.12 Å². The van der Waals surface area contributed by atoms with E-state index in [4.69, 9.17) is 9.31 Å². The first-order valence-electron chi connectivity index (χ1n) is 8.29. The van der Waals surface area contributed by atoms with Crippen LogP contribution in [0.15, 0.2) is 12.1 Å². The maximum Gasteiger partial charge on any atom is 0.494 e. The summed E-state index contributed by atoms with van der Waals surface area (Å²) in [5, 5.41) is 0. The highest BCUT2D eigenvalue weighted by Gasteiger charge is 2.52. The fourth-order valence-electron chi connectivity index (χ4n) is 3.44. The van der Waals surface area contributed by atoms with Crippen LogP contribution in [-0.2, 0) is 26.2 Å². The minimum absolute atomic E-state index is 0.0294. The molecular formula is C18H25BFNO3. The predicted molar refractivity (Wildman–Crippen MR) is 93.4 cm³/mol. The monoisotopic (exact) mass is 333 g/mol. The summed E-state index contributed by atoms with van der Waals surface area (Å²) >= 11 is 0. The number of fused-ring (bicyclic) bond motifs is 1. The third-order valence-corrected chi connectivity index (χ3v) is 5.73. The third-order valence-electron chi connectivity index (χ3n) is 5.73. The molecule has 0 bridgehead atoms. The minimum Gasteiger partial charge on any atom is -0.399 e. The SMILES string of the molecule is CN1C(=O)C(C)(C)c2cc(B3OC(C)(C)C(C)(C)O3)cc(CF)c21. The molecule has 0 aromatic heterocycles. The second-order valence-electron chi connectivity index (χ2n) is 8.29. The van der Waals surface area contributed by atoms with Crippen LogP contribution in [0.5, 0.6) is 0 Å². The van der Waals surface area contributed by atoms with Crippen LogP contribution in [0.3, 0.4) is 0 Å². The zero-order valence-corrected chi connectivity index (χ0v) is 15.5. The fourth-order valence-corrected chi connectivity index (χ4v) is 3.44. The van der Waals surface area contributed by atoms with Gasteiger partial charge in [-0.3, -0.25) is 4.79 Å². The highest BCUT2D eigenvalue weighted by molar-refractivity contribution is 6.62. The van der Waals surface area contributed by atoms with Gasteiger partial charge in [0.2, 0.25) is 5.91 Å². The lowest BCUT2D eigenvalue weighted by Gasteiger charge is -2.32. The number of anilines is 1. The number of hydrogen-bond donors (Lipinski definition) is 0. The van der Waals surface area contributed by atoms with E-state index in [-0.39, 0.29) is 5.91 Å². The number of rotatable bonds is 2. The minimum atomic E-state index is -0.687. The van der Waals surface area contributed by atoms with E-state index >= 15 is 0 Å². The highest BCUT2D eigenvalue weighted by Crippen LogP contribution is 2.43. The van der Waals surface area contributed by atoms with E-state index in [1.54, 1.807) is 18.0 Å². The number of likely N-dealkylation sites (N-methyl/N-ethyl adjacent to an activating group) is 1. The summed E-state index contributed by atoms with van der Waals surface area (Å²) < 4.78 is 25.9.